The molecule has 4 heteroatoms. The molecule has 0 saturated carbocycles. The molecule has 14 heavy (non-hydrogen) atoms. The molecule has 0 fully saturated rings. The summed E-state index contributed by atoms with van der Waals surface area (Å²) in [5.74, 6) is 0. The summed E-state index contributed by atoms with van der Waals surface area (Å²) >= 11 is 0. The lowest BCUT2D eigenvalue weighted by molar-refractivity contribution is 0.970. The van der Waals surface area contributed by atoms with Crippen molar-refractivity contribution in [3.05, 3.63) is 54.5 Å². The Labute approximate surface area is 93.0 Å². The molecule has 1 aromatic rings. The molecular formula is C10H10BrN3. The van der Waals surface area contributed by atoms with E-state index < -0.39 is 0 Å². The zero-order valence-corrected chi connectivity index (χ0v) is 9.13. The van der Waals surface area contributed by atoms with E-state index in [-0.39, 0.29) is 17.0 Å². The lowest BCUT2D eigenvalue weighted by Gasteiger charge is -1.97. The topological polar surface area (TPSA) is 37.3 Å². The predicted octanol–water partition coefficient (Wildman–Crippen LogP) is 2.04. The Hall–Kier alpha value is -1.42. The molecule has 1 aromatic heterocycles. The summed E-state index contributed by atoms with van der Waals surface area (Å²) in [6.45, 7) is 0. The number of aromatic nitrogens is 1. The zero-order valence-electron chi connectivity index (χ0n) is 7.42. The molecule has 0 spiro atoms. The molecule has 0 radical (unpaired) electrons. The molecule has 1 aliphatic heterocycles. The van der Waals surface area contributed by atoms with E-state index in [0.29, 0.717) is 0 Å². The molecule has 0 saturated heterocycles. The normalized spacial score (nSPS) is 13.6. The third-order valence-electron chi connectivity index (χ3n) is 1.65. The highest BCUT2D eigenvalue weighted by Gasteiger charge is 1.99. The van der Waals surface area contributed by atoms with Crippen molar-refractivity contribution >= 4 is 22.7 Å². The molecule has 1 N–H and O–H groups in total. The van der Waals surface area contributed by atoms with E-state index in [1.807, 2.05) is 36.4 Å². The fourth-order valence-corrected chi connectivity index (χ4v) is 1.05. The number of pyridine rings is 1. The molecule has 0 atom stereocenters. The van der Waals surface area contributed by atoms with Gasteiger partial charge in [-0.3, -0.25) is 10.4 Å². The molecule has 0 amide bonds. The van der Waals surface area contributed by atoms with Gasteiger partial charge in [0.1, 0.15) is 5.71 Å². The highest BCUT2D eigenvalue weighted by molar-refractivity contribution is 8.93. The fraction of sp³-hybridized carbons (Fsp3) is 0. The van der Waals surface area contributed by atoms with Crippen LogP contribution in [-0.4, -0.2) is 10.7 Å². The van der Waals surface area contributed by atoms with Gasteiger partial charge in [0, 0.05) is 12.4 Å². The van der Waals surface area contributed by atoms with Crippen molar-refractivity contribution in [3.8, 4) is 0 Å². The number of nitrogens with one attached hydrogen (secondary N) is 1. The van der Waals surface area contributed by atoms with Crippen molar-refractivity contribution in [2.75, 3.05) is 0 Å². The summed E-state index contributed by atoms with van der Waals surface area (Å²) in [4.78, 5) is 4.19. The van der Waals surface area contributed by atoms with Crippen molar-refractivity contribution < 1.29 is 0 Å². The van der Waals surface area contributed by atoms with Gasteiger partial charge in [-0.05, 0) is 24.3 Å². The first kappa shape index (κ1) is 10.7. The van der Waals surface area contributed by atoms with Gasteiger partial charge in [-0.15, -0.1) is 17.0 Å². The average molecular weight is 252 g/mol. The van der Waals surface area contributed by atoms with Crippen molar-refractivity contribution in [1.29, 1.82) is 0 Å². The molecule has 0 aromatic carbocycles. The second kappa shape index (κ2) is 5.34. The van der Waals surface area contributed by atoms with Crippen LogP contribution in [0.2, 0.25) is 0 Å². The number of hydrogen-bond acceptors (Lipinski definition) is 3. The highest BCUT2D eigenvalue weighted by Crippen LogP contribution is 1.99. The number of rotatable bonds is 1. The summed E-state index contributed by atoms with van der Waals surface area (Å²) in [7, 11) is 0. The largest absolute Gasteiger partial charge is 0.285 e. The van der Waals surface area contributed by atoms with Crippen LogP contribution < -0.4 is 5.43 Å². The first-order chi connectivity index (χ1) is 6.47. The molecule has 0 unspecified atom stereocenters. The van der Waals surface area contributed by atoms with E-state index in [2.05, 4.69) is 15.5 Å². The Morgan fingerprint density at radius 2 is 2.07 bits per heavy atom. The summed E-state index contributed by atoms with van der Waals surface area (Å²) in [6.07, 6.45) is 9.25. The summed E-state index contributed by atoms with van der Waals surface area (Å²) in [5.41, 5.74) is 4.51. The number of hydrogen-bond donors (Lipinski definition) is 1. The van der Waals surface area contributed by atoms with E-state index >= 15 is 0 Å². The van der Waals surface area contributed by atoms with Gasteiger partial charge in [-0.1, -0.05) is 12.1 Å². The molecule has 2 heterocycles. The Morgan fingerprint density at radius 1 is 1.14 bits per heavy atom. The van der Waals surface area contributed by atoms with Crippen LogP contribution in [-0.2, 0) is 0 Å². The minimum atomic E-state index is 0. The quantitative estimate of drug-likeness (QED) is 0.830. The molecule has 0 aliphatic carbocycles. The molecule has 2 rings (SSSR count). The summed E-state index contributed by atoms with van der Waals surface area (Å²) in [5, 5.41) is 4.12. The minimum absolute atomic E-state index is 0. The van der Waals surface area contributed by atoms with Crippen molar-refractivity contribution in [1.82, 2.24) is 10.4 Å². The number of allylic oxidation sites excluding steroid dienone is 3. The van der Waals surface area contributed by atoms with Crippen LogP contribution in [0.5, 0.6) is 0 Å². The maximum absolute atomic E-state index is 4.19. The van der Waals surface area contributed by atoms with Gasteiger partial charge in [-0.25, -0.2) is 0 Å². The smallest absolute Gasteiger partial charge is 0.109 e. The Balaban J connectivity index is 0.000000980. The minimum Gasteiger partial charge on any atom is -0.285 e. The lowest BCUT2D eigenvalue weighted by atomic mass is 10.2. The van der Waals surface area contributed by atoms with Gasteiger partial charge < -0.3 is 0 Å². The van der Waals surface area contributed by atoms with Gasteiger partial charge in [0.25, 0.3) is 0 Å². The van der Waals surface area contributed by atoms with Crippen LogP contribution >= 0.6 is 17.0 Å². The van der Waals surface area contributed by atoms with Crippen molar-refractivity contribution in [2.45, 2.75) is 0 Å². The maximum atomic E-state index is 4.19. The van der Waals surface area contributed by atoms with Crippen LogP contribution in [0.1, 0.15) is 5.69 Å². The molecular weight excluding hydrogens is 242 g/mol. The number of hydrazone groups is 1. The average Bonchev–Trinajstić information content (AvgIpc) is 2.47. The van der Waals surface area contributed by atoms with Gasteiger partial charge in [0.2, 0.25) is 0 Å². The van der Waals surface area contributed by atoms with Gasteiger partial charge in [-0.2, -0.15) is 5.10 Å². The summed E-state index contributed by atoms with van der Waals surface area (Å²) in [6, 6.07) is 5.75. The monoisotopic (exact) mass is 251 g/mol. The SMILES string of the molecule is Br.C1=CNN=C(c2ccccn2)C=C1. The molecule has 3 nitrogen and oxygen atoms in total. The van der Waals surface area contributed by atoms with Crippen LogP contribution in [0, 0.1) is 0 Å². The highest BCUT2D eigenvalue weighted by atomic mass is 79.9. The number of halogens is 1. The zero-order chi connectivity index (χ0) is 8.93. The van der Waals surface area contributed by atoms with Crippen LogP contribution in [0.15, 0.2) is 53.9 Å². The van der Waals surface area contributed by atoms with Crippen LogP contribution in [0.4, 0.5) is 0 Å². The predicted molar refractivity (Wildman–Crippen MR) is 62.5 cm³/mol. The second-order valence-corrected chi connectivity index (χ2v) is 2.56. The first-order valence-corrected chi connectivity index (χ1v) is 4.05. The Morgan fingerprint density at radius 3 is 2.86 bits per heavy atom. The summed E-state index contributed by atoms with van der Waals surface area (Å²) < 4.78 is 0. The van der Waals surface area contributed by atoms with Gasteiger partial charge in [0.15, 0.2) is 0 Å². The third kappa shape index (κ3) is 2.53. The Kier molecular flexibility index (Phi) is 4.07. The van der Waals surface area contributed by atoms with Crippen molar-refractivity contribution in [3.63, 3.8) is 0 Å². The molecule has 0 bridgehead atoms. The van der Waals surface area contributed by atoms with E-state index in [4.69, 9.17) is 0 Å². The second-order valence-electron chi connectivity index (χ2n) is 2.56. The van der Waals surface area contributed by atoms with Gasteiger partial charge in [0.05, 0.1) is 5.69 Å². The fourth-order valence-electron chi connectivity index (χ4n) is 1.05. The Bertz CT molecular complexity index is 368. The lowest BCUT2D eigenvalue weighted by Crippen LogP contribution is -2.04. The van der Waals surface area contributed by atoms with Crippen molar-refractivity contribution in [2.24, 2.45) is 5.10 Å². The van der Waals surface area contributed by atoms with Crippen LogP contribution in [0.3, 0.4) is 0 Å². The standard InChI is InChI=1S/C10H9N3.BrH/c1-3-7-11-9(5-1)10-6-2-4-8-12-13-10;/h1-8,12H;1H. The van der Waals surface area contributed by atoms with E-state index in [1.54, 1.807) is 12.4 Å². The van der Waals surface area contributed by atoms with E-state index in [9.17, 15) is 0 Å². The number of nitrogens with zero attached hydrogens (tertiary/aromatic N) is 2. The van der Waals surface area contributed by atoms with Gasteiger partial charge >= 0.3 is 0 Å². The van der Waals surface area contributed by atoms with E-state index in [0.717, 1.165) is 11.4 Å². The molecule has 1 aliphatic rings. The molecule has 72 valence electrons. The van der Waals surface area contributed by atoms with E-state index in [1.165, 1.54) is 0 Å². The van der Waals surface area contributed by atoms with Crippen LogP contribution in [0.25, 0.3) is 0 Å². The first-order valence-electron chi connectivity index (χ1n) is 4.05. The third-order valence-corrected chi connectivity index (χ3v) is 1.65. The maximum Gasteiger partial charge on any atom is 0.109 e.